The van der Waals surface area contributed by atoms with E-state index in [4.69, 9.17) is 4.74 Å². The van der Waals surface area contributed by atoms with E-state index in [0.29, 0.717) is 6.54 Å². The lowest BCUT2D eigenvalue weighted by atomic mass is 10.2. The Kier molecular flexibility index (Phi) is 3.63. The van der Waals surface area contributed by atoms with Crippen LogP contribution in [0.1, 0.15) is 5.56 Å². The molecule has 1 rings (SSSR count). The highest BCUT2D eigenvalue weighted by Gasteiger charge is 1.92. The molecule has 0 aliphatic rings. The van der Waals surface area contributed by atoms with Gasteiger partial charge in [0.15, 0.2) is 0 Å². The fraction of sp³-hybridized carbons (Fsp3) is 0.222. The largest absolute Gasteiger partial charge is 0.497 e. The van der Waals surface area contributed by atoms with Crippen LogP contribution in [0.4, 0.5) is 0 Å². The highest BCUT2D eigenvalue weighted by Crippen LogP contribution is 2.11. The lowest BCUT2D eigenvalue weighted by molar-refractivity contribution is 0.414. The molecule has 67 valence electrons. The van der Waals surface area contributed by atoms with E-state index in [1.54, 1.807) is 7.11 Å². The van der Waals surface area contributed by atoms with E-state index in [-0.39, 0.29) is 0 Å². The van der Waals surface area contributed by atoms with Crippen molar-refractivity contribution >= 4 is 6.41 Å². The summed E-state index contributed by atoms with van der Waals surface area (Å²) in [4.78, 5) is 9.69. The molecule has 0 saturated heterocycles. The van der Waals surface area contributed by atoms with Gasteiger partial charge in [0, 0.05) is 0 Å². The summed E-state index contributed by atoms with van der Waals surface area (Å²) in [5, 5.41) is 6.67. The van der Waals surface area contributed by atoms with E-state index >= 15 is 0 Å². The van der Waals surface area contributed by atoms with Crippen LogP contribution >= 0.6 is 0 Å². The Hall–Kier alpha value is -1.71. The van der Waals surface area contributed by atoms with Gasteiger partial charge in [-0.1, -0.05) is 12.1 Å². The first-order chi connectivity index (χ1) is 6.36. The van der Waals surface area contributed by atoms with Gasteiger partial charge < -0.3 is 4.74 Å². The molecule has 4 heteroatoms. The van der Waals surface area contributed by atoms with Crippen molar-refractivity contribution in [1.29, 1.82) is 0 Å². The van der Waals surface area contributed by atoms with Crippen LogP contribution < -0.4 is 4.74 Å². The summed E-state index contributed by atoms with van der Waals surface area (Å²) in [7, 11) is 1.61. The van der Waals surface area contributed by atoms with Crippen LogP contribution in [0.3, 0.4) is 0 Å². The number of hydrogen-bond donors (Lipinski definition) is 0. The second-order valence-corrected chi connectivity index (χ2v) is 2.34. The maximum atomic E-state index is 9.69. The van der Waals surface area contributed by atoms with Crippen LogP contribution in [0.5, 0.6) is 5.75 Å². The first kappa shape index (κ1) is 9.38. The molecule has 0 aliphatic heterocycles. The number of methoxy groups -OCH3 is 1. The molecule has 0 fully saturated rings. The van der Waals surface area contributed by atoms with Gasteiger partial charge in [-0.05, 0) is 17.7 Å². The van der Waals surface area contributed by atoms with E-state index < -0.39 is 0 Å². The molecule has 0 spiro atoms. The summed E-state index contributed by atoms with van der Waals surface area (Å²) >= 11 is 0. The third-order valence-corrected chi connectivity index (χ3v) is 1.52. The summed E-state index contributed by atoms with van der Waals surface area (Å²) < 4.78 is 4.98. The molecule has 0 bridgehead atoms. The lowest BCUT2D eigenvalue weighted by Crippen LogP contribution is -1.84. The number of benzene rings is 1. The van der Waals surface area contributed by atoms with Crippen LogP contribution in [0, 0.1) is 0 Å². The van der Waals surface area contributed by atoms with Crippen molar-refractivity contribution in [3.63, 3.8) is 0 Å². The van der Waals surface area contributed by atoms with Gasteiger partial charge in [0.05, 0.1) is 13.7 Å². The van der Waals surface area contributed by atoms with Crippen LogP contribution in [0.25, 0.3) is 0 Å². The molecular formula is C9H9N2O2. The molecular weight excluding hydrogens is 168 g/mol. The van der Waals surface area contributed by atoms with Crippen LogP contribution in [0.15, 0.2) is 34.5 Å². The summed E-state index contributed by atoms with van der Waals surface area (Å²) in [6.45, 7) is 0.388. The first-order valence-electron chi connectivity index (χ1n) is 3.73. The number of amides is 1. The maximum absolute atomic E-state index is 9.69. The Morgan fingerprint density at radius 1 is 1.38 bits per heavy atom. The fourth-order valence-corrected chi connectivity index (χ4v) is 0.877. The number of carbonyl (C=O) groups excluding carboxylic acids is 1. The van der Waals surface area contributed by atoms with Crippen LogP contribution in [-0.4, -0.2) is 13.5 Å². The smallest absolute Gasteiger partial charge is 0.356 e. The van der Waals surface area contributed by atoms with Crippen molar-refractivity contribution < 1.29 is 9.53 Å². The van der Waals surface area contributed by atoms with Gasteiger partial charge in [-0.2, -0.15) is 5.11 Å². The molecule has 1 amide bonds. The third-order valence-electron chi connectivity index (χ3n) is 1.52. The molecule has 1 aromatic rings. The van der Waals surface area contributed by atoms with E-state index in [9.17, 15) is 4.79 Å². The van der Waals surface area contributed by atoms with Gasteiger partial charge in [-0.25, -0.2) is 0 Å². The van der Waals surface area contributed by atoms with Crippen molar-refractivity contribution in [1.82, 2.24) is 0 Å². The van der Waals surface area contributed by atoms with Gasteiger partial charge >= 0.3 is 6.41 Å². The molecule has 4 nitrogen and oxygen atoms in total. The minimum absolute atomic E-state index is 0.388. The van der Waals surface area contributed by atoms with E-state index in [2.05, 4.69) is 10.2 Å². The number of hydrogen-bond acceptors (Lipinski definition) is 3. The minimum Gasteiger partial charge on any atom is -0.497 e. The molecule has 0 saturated carbocycles. The highest BCUT2D eigenvalue weighted by molar-refractivity contribution is 5.46. The fourth-order valence-electron chi connectivity index (χ4n) is 0.877. The average molecular weight is 177 g/mol. The third kappa shape index (κ3) is 3.02. The Bertz CT molecular complexity index is 293. The van der Waals surface area contributed by atoms with E-state index in [1.807, 2.05) is 24.3 Å². The SMILES string of the molecule is COc1ccc(C/N=N/[C]=O)cc1. The van der Waals surface area contributed by atoms with Gasteiger partial charge in [-0.3, -0.25) is 4.79 Å². The quantitative estimate of drug-likeness (QED) is 0.657. The molecule has 1 radical (unpaired) electrons. The van der Waals surface area contributed by atoms with Gasteiger partial charge in [0.2, 0.25) is 0 Å². The summed E-state index contributed by atoms with van der Waals surface area (Å²) in [6, 6.07) is 7.39. The average Bonchev–Trinajstić information content (AvgIpc) is 2.19. The highest BCUT2D eigenvalue weighted by atomic mass is 16.5. The normalized spacial score (nSPS) is 10.2. The van der Waals surface area contributed by atoms with Crippen molar-refractivity contribution in [2.75, 3.05) is 7.11 Å². The Balaban J connectivity index is 2.58. The predicted octanol–water partition coefficient (Wildman–Crippen LogP) is 1.71. The Morgan fingerprint density at radius 3 is 2.62 bits per heavy atom. The number of nitrogens with zero attached hydrogens (tertiary/aromatic N) is 2. The molecule has 0 aliphatic carbocycles. The van der Waals surface area contributed by atoms with Crippen LogP contribution in [0.2, 0.25) is 0 Å². The summed E-state index contributed by atoms with van der Waals surface area (Å²) in [5.41, 5.74) is 0.972. The maximum Gasteiger partial charge on any atom is 0.356 e. The lowest BCUT2D eigenvalue weighted by Gasteiger charge is -1.99. The molecule has 1 aromatic carbocycles. The molecule has 0 heterocycles. The topological polar surface area (TPSA) is 51.0 Å². The van der Waals surface area contributed by atoms with Crippen molar-refractivity contribution in [2.24, 2.45) is 10.2 Å². The minimum atomic E-state index is 0.388. The Labute approximate surface area is 76.2 Å². The second-order valence-electron chi connectivity index (χ2n) is 2.34. The van der Waals surface area contributed by atoms with Crippen molar-refractivity contribution in [3.05, 3.63) is 29.8 Å². The predicted molar refractivity (Wildman–Crippen MR) is 47.2 cm³/mol. The van der Waals surface area contributed by atoms with Gasteiger partial charge in [0.1, 0.15) is 5.75 Å². The standard InChI is InChI=1S/C9H9N2O2/c1-13-9-4-2-8(3-5-9)6-10-11-7-12/h2-5H,6H2,1H3/b11-10+. The summed E-state index contributed by atoms with van der Waals surface area (Å²) in [6.07, 6.45) is 1.34. The number of azo groups is 1. The number of ether oxygens (including phenoxy) is 1. The van der Waals surface area contributed by atoms with Crippen LogP contribution in [-0.2, 0) is 11.3 Å². The molecule has 0 N–H and O–H groups in total. The van der Waals surface area contributed by atoms with Crippen molar-refractivity contribution in [3.8, 4) is 5.75 Å². The summed E-state index contributed by atoms with van der Waals surface area (Å²) in [5.74, 6) is 0.794. The van der Waals surface area contributed by atoms with E-state index in [0.717, 1.165) is 11.3 Å². The number of rotatable bonds is 4. The monoisotopic (exact) mass is 177 g/mol. The first-order valence-corrected chi connectivity index (χ1v) is 3.73. The molecule has 13 heavy (non-hydrogen) atoms. The second kappa shape index (κ2) is 5.03. The van der Waals surface area contributed by atoms with Gasteiger partial charge in [-0.15, -0.1) is 5.11 Å². The Morgan fingerprint density at radius 2 is 2.08 bits per heavy atom. The molecule has 0 unspecified atom stereocenters. The van der Waals surface area contributed by atoms with E-state index in [1.165, 1.54) is 6.41 Å². The van der Waals surface area contributed by atoms with Gasteiger partial charge in [0.25, 0.3) is 0 Å². The van der Waals surface area contributed by atoms with Crippen molar-refractivity contribution in [2.45, 2.75) is 6.54 Å². The molecule has 0 atom stereocenters. The molecule has 0 aromatic heterocycles. The zero-order chi connectivity index (χ0) is 9.52. The zero-order valence-corrected chi connectivity index (χ0v) is 7.23. The zero-order valence-electron chi connectivity index (χ0n) is 7.23.